The van der Waals surface area contributed by atoms with Crippen molar-refractivity contribution in [1.82, 2.24) is 14.6 Å². The van der Waals surface area contributed by atoms with Crippen LogP contribution in [0.4, 0.5) is 5.69 Å². The first-order chi connectivity index (χ1) is 15.6. The third-order valence-corrected chi connectivity index (χ3v) is 6.42. The van der Waals surface area contributed by atoms with Crippen molar-refractivity contribution in [3.05, 3.63) is 90.3 Å². The molecule has 5 rings (SSSR count). The summed E-state index contributed by atoms with van der Waals surface area (Å²) in [5, 5.41) is 10.9. The predicted octanol–water partition coefficient (Wildman–Crippen LogP) is 5.90. The molecule has 2 heterocycles. The van der Waals surface area contributed by atoms with Gasteiger partial charge in [0.2, 0.25) is 5.91 Å². The highest BCUT2D eigenvalue weighted by atomic mass is 32.2. The number of fused-ring (bicyclic) bond motifs is 2. The number of hydrogen-bond acceptors (Lipinski definition) is 4. The van der Waals surface area contributed by atoms with Gasteiger partial charge in [-0.3, -0.25) is 4.79 Å². The van der Waals surface area contributed by atoms with Crippen molar-refractivity contribution in [3.63, 3.8) is 0 Å². The molecular formula is C26H22N4OS. The average molecular weight is 439 g/mol. The SMILES string of the molecule is Cc1ccc(C)c(NC(=O)CSc2nccn3nc(-c4cccc5ccccc45)cc23)c1. The Labute approximate surface area is 190 Å². The molecule has 0 unspecified atom stereocenters. The molecule has 0 atom stereocenters. The molecule has 5 nitrogen and oxygen atoms in total. The lowest BCUT2D eigenvalue weighted by atomic mass is 10.0. The number of aromatic nitrogens is 3. The number of hydrogen-bond donors (Lipinski definition) is 1. The van der Waals surface area contributed by atoms with Crippen molar-refractivity contribution >= 4 is 39.6 Å². The summed E-state index contributed by atoms with van der Waals surface area (Å²) < 4.78 is 1.83. The van der Waals surface area contributed by atoms with E-state index in [0.717, 1.165) is 44.0 Å². The number of amides is 1. The van der Waals surface area contributed by atoms with E-state index >= 15 is 0 Å². The number of anilines is 1. The van der Waals surface area contributed by atoms with Crippen LogP contribution in [0.25, 0.3) is 27.5 Å². The van der Waals surface area contributed by atoms with Crippen molar-refractivity contribution in [2.45, 2.75) is 18.9 Å². The number of carbonyl (C=O) groups excluding carboxylic acids is 1. The Balaban J connectivity index is 1.40. The fourth-order valence-corrected chi connectivity index (χ4v) is 4.56. The van der Waals surface area contributed by atoms with Gasteiger partial charge in [-0.2, -0.15) is 5.10 Å². The molecule has 1 amide bonds. The van der Waals surface area contributed by atoms with E-state index < -0.39 is 0 Å². The van der Waals surface area contributed by atoms with E-state index in [1.165, 1.54) is 17.1 Å². The summed E-state index contributed by atoms with van der Waals surface area (Å²) in [6.07, 6.45) is 3.56. The average Bonchev–Trinajstić information content (AvgIpc) is 3.24. The Hall–Kier alpha value is -3.64. The lowest BCUT2D eigenvalue weighted by molar-refractivity contribution is -0.113. The molecule has 158 valence electrons. The van der Waals surface area contributed by atoms with Crippen molar-refractivity contribution in [1.29, 1.82) is 0 Å². The maximum Gasteiger partial charge on any atom is 0.234 e. The number of rotatable bonds is 5. The molecule has 0 aliphatic rings. The van der Waals surface area contributed by atoms with Crippen LogP contribution in [0.5, 0.6) is 0 Å². The summed E-state index contributed by atoms with van der Waals surface area (Å²) >= 11 is 1.42. The molecule has 0 radical (unpaired) electrons. The monoisotopic (exact) mass is 438 g/mol. The van der Waals surface area contributed by atoms with E-state index in [1.54, 1.807) is 6.20 Å². The van der Waals surface area contributed by atoms with Crippen LogP contribution in [-0.4, -0.2) is 26.3 Å². The van der Waals surface area contributed by atoms with Gasteiger partial charge < -0.3 is 5.32 Å². The van der Waals surface area contributed by atoms with E-state index in [1.807, 2.05) is 67.0 Å². The maximum atomic E-state index is 12.6. The zero-order valence-corrected chi connectivity index (χ0v) is 18.7. The minimum atomic E-state index is -0.0544. The third kappa shape index (κ3) is 3.97. The van der Waals surface area contributed by atoms with Crippen LogP contribution in [0, 0.1) is 13.8 Å². The van der Waals surface area contributed by atoms with Crippen molar-refractivity contribution in [2.75, 3.05) is 11.1 Å². The molecule has 0 saturated heterocycles. The fourth-order valence-electron chi connectivity index (χ4n) is 3.78. The molecule has 1 N–H and O–H groups in total. The molecule has 5 aromatic rings. The molecule has 0 aliphatic heterocycles. The second-order valence-corrected chi connectivity index (χ2v) is 8.74. The lowest BCUT2D eigenvalue weighted by Crippen LogP contribution is -2.15. The fraction of sp³-hybridized carbons (Fsp3) is 0.115. The second-order valence-electron chi connectivity index (χ2n) is 7.77. The van der Waals surface area contributed by atoms with E-state index in [0.29, 0.717) is 0 Å². The smallest absolute Gasteiger partial charge is 0.234 e. The number of nitrogens with one attached hydrogen (secondary N) is 1. The molecule has 0 fully saturated rings. The maximum absolute atomic E-state index is 12.6. The molecule has 2 aromatic heterocycles. The molecule has 3 aromatic carbocycles. The van der Waals surface area contributed by atoms with Gasteiger partial charge in [0.25, 0.3) is 0 Å². The van der Waals surface area contributed by atoms with E-state index in [4.69, 9.17) is 5.10 Å². The van der Waals surface area contributed by atoms with Crippen molar-refractivity contribution in [2.24, 2.45) is 0 Å². The number of benzene rings is 3. The van der Waals surface area contributed by atoms with E-state index in [9.17, 15) is 4.79 Å². The lowest BCUT2D eigenvalue weighted by Gasteiger charge is -2.09. The van der Waals surface area contributed by atoms with Gasteiger partial charge in [0.15, 0.2) is 0 Å². The molecule has 0 bridgehead atoms. The molecule has 32 heavy (non-hydrogen) atoms. The summed E-state index contributed by atoms with van der Waals surface area (Å²) in [5.74, 6) is 0.218. The highest BCUT2D eigenvalue weighted by Gasteiger charge is 2.13. The highest BCUT2D eigenvalue weighted by molar-refractivity contribution is 8.00. The van der Waals surface area contributed by atoms with Gasteiger partial charge >= 0.3 is 0 Å². The topological polar surface area (TPSA) is 59.3 Å². The van der Waals surface area contributed by atoms with Crippen LogP contribution in [0.15, 0.2) is 84.1 Å². The van der Waals surface area contributed by atoms with E-state index in [-0.39, 0.29) is 11.7 Å². The normalized spacial score (nSPS) is 11.2. The number of aryl methyl sites for hydroxylation is 2. The summed E-state index contributed by atoms with van der Waals surface area (Å²) in [5.41, 5.74) is 5.87. The van der Waals surface area contributed by atoms with Crippen LogP contribution in [0.2, 0.25) is 0 Å². The minimum Gasteiger partial charge on any atom is -0.325 e. The van der Waals surface area contributed by atoms with Crippen LogP contribution in [0.3, 0.4) is 0 Å². The summed E-state index contributed by atoms with van der Waals surface area (Å²) in [6.45, 7) is 4.01. The quantitative estimate of drug-likeness (QED) is 0.347. The molecule has 6 heteroatoms. The zero-order valence-electron chi connectivity index (χ0n) is 17.9. The molecule has 0 spiro atoms. The minimum absolute atomic E-state index is 0.0544. The highest BCUT2D eigenvalue weighted by Crippen LogP contribution is 2.30. The Morgan fingerprint density at radius 2 is 1.88 bits per heavy atom. The first-order valence-electron chi connectivity index (χ1n) is 10.4. The van der Waals surface area contributed by atoms with Gasteiger partial charge in [0.1, 0.15) is 5.03 Å². The first-order valence-corrected chi connectivity index (χ1v) is 11.4. The molecule has 0 saturated carbocycles. The summed E-state index contributed by atoms with van der Waals surface area (Å²) in [6, 6.07) is 22.6. The Morgan fingerprint density at radius 3 is 2.78 bits per heavy atom. The second kappa shape index (κ2) is 8.48. The van der Waals surface area contributed by atoms with Gasteiger partial charge in [0, 0.05) is 23.6 Å². The summed E-state index contributed by atoms with van der Waals surface area (Å²) in [7, 11) is 0. The summed E-state index contributed by atoms with van der Waals surface area (Å²) in [4.78, 5) is 17.1. The first kappa shape index (κ1) is 20.3. The van der Waals surface area contributed by atoms with Crippen molar-refractivity contribution in [3.8, 4) is 11.3 Å². The number of thioether (sulfide) groups is 1. The van der Waals surface area contributed by atoms with Gasteiger partial charge in [-0.25, -0.2) is 9.50 Å². The van der Waals surface area contributed by atoms with Crippen LogP contribution >= 0.6 is 11.8 Å². The standard InChI is InChI=1S/C26H22N4OS/c1-17-10-11-18(2)22(14-17)28-25(31)16-32-26-24-15-23(29-30(24)13-12-27-26)21-9-5-7-19-6-3-4-8-20(19)21/h3-15H,16H2,1-2H3,(H,28,31). The Kier molecular flexibility index (Phi) is 5.37. The van der Waals surface area contributed by atoms with Crippen LogP contribution in [-0.2, 0) is 4.79 Å². The zero-order chi connectivity index (χ0) is 22.1. The van der Waals surface area contributed by atoms with Crippen molar-refractivity contribution < 1.29 is 4.79 Å². The van der Waals surface area contributed by atoms with E-state index in [2.05, 4.69) is 34.6 Å². The number of nitrogens with zero attached hydrogens (tertiary/aromatic N) is 3. The van der Waals surface area contributed by atoms with Crippen LogP contribution < -0.4 is 5.32 Å². The van der Waals surface area contributed by atoms with Gasteiger partial charge in [-0.15, -0.1) is 0 Å². The van der Waals surface area contributed by atoms with Gasteiger partial charge in [0.05, 0.1) is 17.0 Å². The van der Waals surface area contributed by atoms with Crippen LogP contribution in [0.1, 0.15) is 11.1 Å². The largest absolute Gasteiger partial charge is 0.325 e. The number of carbonyl (C=O) groups is 1. The van der Waals surface area contributed by atoms with Gasteiger partial charge in [-0.05, 0) is 47.9 Å². The molecule has 0 aliphatic carbocycles. The Bertz CT molecular complexity index is 1450. The Morgan fingerprint density at radius 1 is 1.03 bits per heavy atom. The van der Waals surface area contributed by atoms with Gasteiger partial charge in [-0.1, -0.05) is 66.4 Å². The molecular weight excluding hydrogens is 416 g/mol. The third-order valence-electron chi connectivity index (χ3n) is 5.43. The predicted molar refractivity (Wildman–Crippen MR) is 131 cm³/mol.